The third-order valence-electron chi connectivity index (χ3n) is 3.67. The van der Waals surface area contributed by atoms with Gasteiger partial charge in [-0.2, -0.15) is 0 Å². The van der Waals surface area contributed by atoms with Crippen LogP contribution in [0.3, 0.4) is 0 Å². The number of piperidine rings is 1. The second kappa shape index (κ2) is 6.71. The number of carbonyl (C=O) groups excluding carboxylic acids is 1. The van der Waals surface area contributed by atoms with Crippen LogP contribution in [0.1, 0.15) is 37.3 Å². The van der Waals surface area contributed by atoms with Gasteiger partial charge in [0.15, 0.2) is 0 Å². The normalized spacial score (nSPS) is 19.8. The van der Waals surface area contributed by atoms with E-state index < -0.39 is 0 Å². The van der Waals surface area contributed by atoms with Gasteiger partial charge in [0.1, 0.15) is 0 Å². The molecule has 1 aromatic rings. The van der Waals surface area contributed by atoms with Gasteiger partial charge in [-0.05, 0) is 38.3 Å². The molecule has 0 bridgehead atoms. The van der Waals surface area contributed by atoms with E-state index in [2.05, 4.69) is 43.4 Å². The molecule has 3 nitrogen and oxygen atoms in total. The summed E-state index contributed by atoms with van der Waals surface area (Å²) < 4.78 is 0. The van der Waals surface area contributed by atoms with Crippen LogP contribution in [0.4, 0.5) is 0 Å². The van der Waals surface area contributed by atoms with Crippen LogP contribution >= 0.6 is 0 Å². The van der Waals surface area contributed by atoms with Crippen molar-refractivity contribution in [3.05, 3.63) is 35.4 Å². The molecule has 0 radical (unpaired) electrons. The molecule has 1 aliphatic rings. The Hall–Kier alpha value is -1.35. The predicted molar refractivity (Wildman–Crippen MR) is 77.9 cm³/mol. The van der Waals surface area contributed by atoms with Crippen LogP contribution in [0.15, 0.2) is 24.3 Å². The number of nitrogens with zero attached hydrogens (tertiary/aromatic N) is 1. The van der Waals surface area contributed by atoms with Crippen molar-refractivity contribution in [2.45, 2.75) is 45.7 Å². The van der Waals surface area contributed by atoms with E-state index >= 15 is 0 Å². The van der Waals surface area contributed by atoms with Crippen LogP contribution in [0.5, 0.6) is 0 Å². The van der Waals surface area contributed by atoms with Gasteiger partial charge in [0.05, 0.1) is 6.04 Å². The molecule has 0 aromatic heterocycles. The minimum atomic E-state index is 0.0270. The first kappa shape index (κ1) is 14.1. The van der Waals surface area contributed by atoms with Crippen molar-refractivity contribution in [3.63, 3.8) is 0 Å². The summed E-state index contributed by atoms with van der Waals surface area (Å²) in [6.07, 6.45) is 3.14. The minimum Gasteiger partial charge on any atom is -0.337 e. The standard InChI is InChI=1S/C16H24N2O/c1-3-10-17-15-5-4-11-18(16(15)19)12-14-8-6-13(2)7-9-14/h6-9,15,17H,3-5,10-12H2,1-2H3. The average Bonchev–Trinajstić information content (AvgIpc) is 2.42. The third kappa shape index (κ3) is 3.80. The van der Waals surface area contributed by atoms with Gasteiger partial charge in [0, 0.05) is 13.1 Å². The van der Waals surface area contributed by atoms with Crippen LogP contribution in [0.25, 0.3) is 0 Å². The summed E-state index contributed by atoms with van der Waals surface area (Å²) in [4.78, 5) is 14.4. The fourth-order valence-electron chi connectivity index (χ4n) is 2.52. The molecule has 1 amide bonds. The highest BCUT2D eigenvalue weighted by Crippen LogP contribution is 2.15. The second-order valence-corrected chi connectivity index (χ2v) is 5.39. The molecular formula is C16H24N2O. The average molecular weight is 260 g/mol. The Kier molecular flexibility index (Phi) is 4.97. The summed E-state index contributed by atoms with van der Waals surface area (Å²) in [6, 6.07) is 8.48. The van der Waals surface area contributed by atoms with E-state index in [9.17, 15) is 4.79 Å². The lowest BCUT2D eigenvalue weighted by atomic mass is 10.0. The number of hydrogen-bond acceptors (Lipinski definition) is 2. The molecule has 1 heterocycles. The van der Waals surface area contributed by atoms with Gasteiger partial charge in [-0.3, -0.25) is 4.79 Å². The van der Waals surface area contributed by atoms with Gasteiger partial charge in [0.2, 0.25) is 5.91 Å². The molecule has 1 aliphatic heterocycles. The van der Waals surface area contributed by atoms with Gasteiger partial charge in [-0.15, -0.1) is 0 Å². The van der Waals surface area contributed by atoms with Gasteiger partial charge >= 0.3 is 0 Å². The lowest BCUT2D eigenvalue weighted by molar-refractivity contribution is -0.136. The molecule has 1 aromatic carbocycles. The lowest BCUT2D eigenvalue weighted by Crippen LogP contribution is -2.50. The van der Waals surface area contributed by atoms with Crippen LogP contribution in [-0.2, 0) is 11.3 Å². The van der Waals surface area contributed by atoms with Crippen molar-refractivity contribution >= 4 is 5.91 Å². The maximum atomic E-state index is 12.4. The van der Waals surface area contributed by atoms with E-state index in [-0.39, 0.29) is 11.9 Å². The molecular weight excluding hydrogens is 236 g/mol. The fraction of sp³-hybridized carbons (Fsp3) is 0.562. The SMILES string of the molecule is CCCNC1CCCN(Cc2ccc(C)cc2)C1=O. The number of aryl methyl sites for hydroxylation is 1. The maximum absolute atomic E-state index is 12.4. The number of benzene rings is 1. The number of rotatable bonds is 5. The number of nitrogens with one attached hydrogen (secondary N) is 1. The summed E-state index contributed by atoms with van der Waals surface area (Å²) in [6.45, 7) is 6.76. The first-order valence-electron chi connectivity index (χ1n) is 7.28. The lowest BCUT2D eigenvalue weighted by Gasteiger charge is -2.32. The molecule has 104 valence electrons. The monoisotopic (exact) mass is 260 g/mol. The van der Waals surface area contributed by atoms with Gasteiger partial charge in [0.25, 0.3) is 0 Å². The first-order valence-corrected chi connectivity index (χ1v) is 7.28. The van der Waals surface area contributed by atoms with E-state index in [0.717, 1.165) is 38.9 Å². The third-order valence-corrected chi connectivity index (χ3v) is 3.67. The number of carbonyl (C=O) groups is 1. The predicted octanol–water partition coefficient (Wildman–Crippen LogP) is 2.49. The van der Waals surface area contributed by atoms with Crippen LogP contribution < -0.4 is 5.32 Å². The quantitative estimate of drug-likeness (QED) is 0.882. The number of likely N-dealkylation sites (tertiary alicyclic amines) is 1. The Morgan fingerprint density at radius 2 is 2.05 bits per heavy atom. The second-order valence-electron chi connectivity index (χ2n) is 5.39. The zero-order valence-corrected chi connectivity index (χ0v) is 12.0. The number of hydrogen-bond donors (Lipinski definition) is 1. The largest absolute Gasteiger partial charge is 0.337 e. The molecule has 1 fully saturated rings. The molecule has 1 unspecified atom stereocenters. The van der Waals surface area contributed by atoms with Crippen molar-refractivity contribution in [3.8, 4) is 0 Å². The summed E-state index contributed by atoms with van der Waals surface area (Å²) in [5.74, 6) is 0.264. The fourth-order valence-corrected chi connectivity index (χ4v) is 2.52. The summed E-state index contributed by atoms with van der Waals surface area (Å²) >= 11 is 0. The molecule has 1 N–H and O–H groups in total. The molecule has 3 heteroatoms. The van der Waals surface area contributed by atoms with Crippen molar-refractivity contribution in [2.75, 3.05) is 13.1 Å². The molecule has 19 heavy (non-hydrogen) atoms. The Bertz CT molecular complexity index is 413. The van der Waals surface area contributed by atoms with Crippen LogP contribution in [0, 0.1) is 6.92 Å². The molecule has 1 atom stereocenters. The Morgan fingerprint density at radius 3 is 2.74 bits per heavy atom. The summed E-state index contributed by atoms with van der Waals surface area (Å²) in [5, 5.41) is 3.35. The maximum Gasteiger partial charge on any atom is 0.240 e. The van der Waals surface area contributed by atoms with E-state index in [1.807, 2.05) is 4.90 Å². The smallest absolute Gasteiger partial charge is 0.240 e. The molecule has 0 aliphatic carbocycles. The van der Waals surface area contributed by atoms with Crippen molar-refractivity contribution in [1.29, 1.82) is 0 Å². The zero-order valence-electron chi connectivity index (χ0n) is 12.0. The minimum absolute atomic E-state index is 0.0270. The zero-order chi connectivity index (χ0) is 13.7. The molecule has 0 spiro atoms. The van der Waals surface area contributed by atoms with Gasteiger partial charge in [-0.25, -0.2) is 0 Å². The van der Waals surface area contributed by atoms with E-state index in [4.69, 9.17) is 0 Å². The summed E-state index contributed by atoms with van der Waals surface area (Å²) in [7, 11) is 0. The molecule has 1 saturated heterocycles. The molecule has 0 saturated carbocycles. The van der Waals surface area contributed by atoms with Crippen LogP contribution in [0.2, 0.25) is 0 Å². The first-order chi connectivity index (χ1) is 9.20. The Balaban J connectivity index is 1.95. The Labute approximate surface area is 116 Å². The van der Waals surface area contributed by atoms with Crippen molar-refractivity contribution in [2.24, 2.45) is 0 Å². The highest BCUT2D eigenvalue weighted by Gasteiger charge is 2.27. The van der Waals surface area contributed by atoms with Crippen molar-refractivity contribution in [1.82, 2.24) is 10.2 Å². The molecule has 2 rings (SSSR count). The van der Waals surface area contributed by atoms with E-state index in [1.165, 1.54) is 11.1 Å². The van der Waals surface area contributed by atoms with E-state index in [0.29, 0.717) is 0 Å². The van der Waals surface area contributed by atoms with Crippen molar-refractivity contribution < 1.29 is 4.79 Å². The van der Waals surface area contributed by atoms with Gasteiger partial charge < -0.3 is 10.2 Å². The summed E-state index contributed by atoms with van der Waals surface area (Å²) in [5.41, 5.74) is 2.48. The van der Waals surface area contributed by atoms with Crippen LogP contribution in [-0.4, -0.2) is 29.9 Å². The van der Waals surface area contributed by atoms with Gasteiger partial charge in [-0.1, -0.05) is 36.8 Å². The number of amides is 1. The van der Waals surface area contributed by atoms with E-state index in [1.54, 1.807) is 0 Å². The highest BCUT2D eigenvalue weighted by molar-refractivity contribution is 5.82. The topological polar surface area (TPSA) is 32.3 Å². The Morgan fingerprint density at radius 1 is 1.32 bits per heavy atom. The highest BCUT2D eigenvalue weighted by atomic mass is 16.2.